The predicted octanol–water partition coefficient (Wildman–Crippen LogP) is 3.45. The minimum Gasteiger partial charge on any atom is -0.371 e. The van der Waals surface area contributed by atoms with Crippen LogP contribution in [0.4, 0.5) is 10.1 Å². The van der Waals surface area contributed by atoms with E-state index in [1.807, 2.05) is 6.07 Å². The van der Waals surface area contributed by atoms with Gasteiger partial charge in [0.2, 0.25) is 0 Å². The number of hydrogen-bond donors (Lipinski definition) is 1. The van der Waals surface area contributed by atoms with Gasteiger partial charge in [0.25, 0.3) is 0 Å². The van der Waals surface area contributed by atoms with Crippen LogP contribution in [0.5, 0.6) is 0 Å². The first-order valence-electron chi connectivity index (χ1n) is 7.18. The van der Waals surface area contributed by atoms with E-state index < -0.39 is 0 Å². The Balaban J connectivity index is 3.09. The number of nitrogens with zero attached hydrogens (tertiary/aromatic N) is 1. The molecule has 19 heavy (non-hydrogen) atoms. The molecule has 0 atom stereocenters. The molecule has 1 aromatic carbocycles. The van der Waals surface area contributed by atoms with Crippen LogP contribution in [0.2, 0.25) is 0 Å². The highest BCUT2D eigenvalue weighted by atomic mass is 19.1. The summed E-state index contributed by atoms with van der Waals surface area (Å²) in [5, 5.41) is 0. The maximum absolute atomic E-state index is 14.0. The zero-order valence-corrected chi connectivity index (χ0v) is 12.6. The van der Waals surface area contributed by atoms with Crippen molar-refractivity contribution in [3.8, 4) is 0 Å². The zero-order chi connectivity index (χ0) is 14.4. The maximum atomic E-state index is 14.0. The first kappa shape index (κ1) is 16.0. The SMILES string of the molecule is CC(C)CN(CC(C)C)c1cccc(F)c1CCN. The second-order valence-corrected chi connectivity index (χ2v) is 5.97. The molecule has 1 aromatic rings. The van der Waals surface area contributed by atoms with Crippen LogP contribution in [0, 0.1) is 17.7 Å². The fraction of sp³-hybridized carbons (Fsp3) is 0.625. The Morgan fingerprint density at radius 1 is 1.11 bits per heavy atom. The molecule has 0 spiro atoms. The molecule has 0 fully saturated rings. The van der Waals surface area contributed by atoms with E-state index in [1.165, 1.54) is 6.07 Å². The summed E-state index contributed by atoms with van der Waals surface area (Å²) in [6, 6.07) is 5.33. The molecule has 0 aliphatic rings. The van der Waals surface area contributed by atoms with Crippen LogP contribution >= 0.6 is 0 Å². The largest absolute Gasteiger partial charge is 0.371 e. The molecule has 0 saturated heterocycles. The van der Waals surface area contributed by atoms with Crippen molar-refractivity contribution < 1.29 is 4.39 Å². The number of rotatable bonds is 7. The van der Waals surface area contributed by atoms with Gasteiger partial charge in [0, 0.05) is 24.3 Å². The van der Waals surface area contributed by atoms with Gasteiger partial charge in [0.1, 0.15) is 5.82 Å². The number of benzene rings is 1. The molecular weight excluding hydrogens is 239 g/mol. The molecule has 0 saturated carbocycles. The van der Waals surface area contributed by atoms with E-state index in [2.05, 4.69) is 32.6 Å². The highest BCUT2D eigenvalue weighted by Gasteiger charge is 2.16. The predicted molar refractivity (Wildman–Crippen MR) is 81.0 cm³/mol. The van der Waals surface area contributed by atoms with E-state index in [0.717, 1.165) is 24.3 Å². The summed E-state index contributed by atoms with van der Waals surface area (Å²) in [4.78, 5) is 2.30. The van der Waals surface area contributed by atoms with Gasteiger partial charge in [0.15, 0.2) is 0 Å². The standard InChI is InChI=1S/C16H27FN2/c1-12(2)10-19(11-13(3)4)16-7-5-6-15(17)14(16)8-9-18/h5-7,12-13H,8-11,18H2,1-4H3. The summed E-state index contributed by atoms with van der Waals surface area (Å²) in [7, 11) is 0. The van der Waals surface area contributed by atoms with Crippen LogP contribution in [0.3, 0.4) is 0 Å². The molecule has 0 radical (unpaired) electrons. The van der Waals surface area contributed by atoms with Gasteiger partial charge in [-0.2, -0.15) is 0 Å². The van der Waals surface area contributed by atoms with Gasteiger partial charge in [-0.05, 0) is 36.9 Å². The molecule has 0 unspecified atom stereocenters. The van der Waals surface area contributed by atoms with Crippen LogP contribution in [-0.4, -0.2) is 19.6 Å². The maximum Gasteiger partial charge on any atom is 0.128 e. The van der Waals surface area contributed by atoms with Gasteiger partial charge in [-0.25, -0.2) is 4.39 Å². The average Bonchev–Trinajstić information content (AvgIpc) is 2.30. The first-order valence-corrected chi connectivity index (χ1v) is 7.18. The van der Waals surface area contributed by atoms with E-state index in [0.29, 0.717) is 24.8 Å². The van der Waals surface area contributed by atoms with Crippen molar-refractivity contribution in [1.29, 1.82) is 0 Å². The third-order valence-corrected chi connectivity index (χ3v) is 3.00. The van der Waals surface area contributed by atoms with E-state index in [-0.39, 0.29) is 5.82 Å². The Morgan fingerprint density at radius 2 is 1.68 bits per heavy atom. The van der Waals surface area contributed by atoms with Crippen LogP contribution < -0.4 is 10.6 Å². The van der Waals surface area contributed by atoms with Crippen molar-refractivity contribution in [2.75, 3.05) is 24.5 Å². The van der Waals surface area contributed by atoms with Crippen LogP contribution in [-0.2, 0) is 6.42 Å². The molecule has 0 heterocycles. The topological polar surface area (TPSA) is 29.3 Å². The van der Waals surface area contributed by atoms with E-state index >= 15 is 0 Å². The smallest absolute Gasteiger partial charge is 0.128 e. The summed E-state index contributed by atoms with van der Waals surface area (Å²) in [5.41, 5.74) is 7.38. The fourth-order valence-electron chi connectivity index (χ4n) is 2.39. The third kappa shape index (κ3) is 4.83. The molecule has 3 heteroatoms. The number of hydrogen-bond acceptors (Lipinski definition) is 2. The van der Waals surface area contributed by atoms with Crippen LogP contribution in [0.25, 0.3) is 0 Å². The van der Waals surface area contributed by atoms with Crippen LogP contribution in [0.1, 0.15) is 33.3 Å². The normalized spacial score (nSPS) is 11.4. The average molecular weight is 266 g/mol. The lowest BCUT2D eigenvalue weighted by Gasteiger charge is -2.30. The van der Waals surface area contributed by atoms with Crippen molar-refractivity contribution >= 4 is 5.69 Å². The Bertz CT molecular complexity index is 378. The highest BCUT2D eigenvalue weighted by Crippen LogP contribution is 2.25. The van der Waals surface area contributed by atoms with Crippen molar-refractivity contribution in [3.63, 3.8) is 0 Å². The van der Waals surface area contributed by atoms with Crippen molar-refractivity contribution in [2.24, 2.45) is 17.6 Å². The zero-order valence-electron chi connectivity index (χ0n) is 12.6. The Morgan fingerprint density at radius 3 is 2.16 bits per heavy atom. The van der Waals surface area contributed by atoms with Gasteiger partial charge in [-0.15, -0.1) is 0 Å². The molecule has 2 N–H and O–H groups in total. The van der Waals surface area contributed by atoms with Crippen molar-refractivity contribution in [3.05, 3.63) is 29.6 Å². The first-order chi connectivity index (χ1) is 8.95. The summed E-state index contributed by atoms with van der Waals surface area (Å²) < 4.78 is 14.0. The summed E-state index contributed by atoms with van der Waals surface area (Å²) >= 11 is 0. The molecule has 0 aliphatic carbocycles. The van der Waals surface area contributed by atoms with E-state index in [4.69, 9.17) is 5.73 Å². The molecule has 2 nitrogen and oxygen atoms in total. The molecule has 108 valence electrons. The number of anilines is 1. The summed E-state index contributed by atoms with van der Waals surface area (Å²) in [6.07, 6.45) is 0.592. The molecule has 0 aromatic heterocycles. The lowest BCUT2D eigenvalue weighted by Crippen LogP contribution is -2.32. The van der Waals surface area contributed by atoms with Gasteiger partial charge in [-0.3, -0.25) is 0 Å². The second kappa shape index (κ2) is 7.49. The van der Waals surface area contributed by atoms with Crippen molar-refractivity contribution in [2.45, 2.75) is 34.1 Å². The molecule has 0 amide bonds. The van der Waals surface area contributed by atoms with Crippen molar-refractivity contribution in [1.82, 2.24) is 0 Å². The minimum atomic E-state index is -0.138. The fourth-order valence-corrected chi connectivity index (χ4v) is 2.39. The highest BCUT2D eigenvalue weighted by molar-refractivity contribution is 5.54. The Hall–Kier alpha value is -1.09. The summed E-state index contributed by atoms with van der Waals surface area (Å²) in [6.45, 7) is 11.1. The number of nitrogens with two attached hydrogens (primary N) is 1. The van der Waals surface area contributed by atoms with E-state index in [1.54, 1.807) is 6.07 Å². The van der Waals surface area contributed by atoms with Gasteiger partial charge >= 0.3 is 0 Å². The van der Waals surface area contributed by atoms with Gasteiger partial charge in [0.05, 0.1) is 0 Å². The molecular formula is C16H27FN2. The minimum absolute atomic E-state index is 0.138. The Kier molecular flexibility index (Phi) is 6.29. The molecule has 0 bridgehead atoms. The number of halogens is 1. The Labute approximate surface area is 116 Å². The van der Waals surface area contributed by atoms with Crippen LogP contribution in [0.15, 0.2) is 18.2 Å². The second-order valence-electron chi connectivity index (χ2n) is 5.97. The van der Waals surface area contributed by atoms with E-state index in [9.17, 15) is 4.39 Å². The monoisotopic (exact) mass is 266 g/mol. The van der Waals surface area contributed by atoms with Gasteiger partial charge < -0.3 is 10.6 Å². The summed E-state index contributed by atoms with van der Waals surface area (Å²) in [5.74, 6) is 0.959. The molecule has 1 rings (SSSR count). The molecule has 0 aliphatic heterocycles. The van der Waals surface area contributed by atoms with Gasteiger partial charge in [-0.1, -0.05) is 33.8 Å². The lowest BCUT2D eigenvalue weighted by molar-refractivity contribution is 0.546. The third-order valence-electron chi connectivity index (χ3n) is 3.00. The quantitative estimate of drug-likeness (QED) is 0.819. The lowest BCUT2D eigenvalue weighted by atomic mass is 10.0.